The molecule has 1 fully saturated rings. The van der Waals surface area contributed by atoms with Gasteiger partial charge >= 0.3 is 6.09 Å². The van der Waals surface area contributed by atoms with Crippen LogP contribution in [-0.4, -0.2) is 33.9 Å². The highest BCUT2D eigenvalue weighted by atomic mass is 16.5. The fourth-order valence-corrected chi connectivity index (χ4v) is 3.72. The zero-order chi connectivity index (χ0) is 18.8. The van der Waals surface area contributed by atoms with Crippen molar-refractivity contribution in [2.45, 2.75) is 32.4 Å². The van der Waals surface area contributed by atoms with E-state index >= 15 is 0 Å². The van der Waals surface area contributed by atoms with Crippen molar-refractivity contribution in [1.82, 2.24) is 9.88 Å². The Kier molecular flexibility index (Phi) is 4.67. The predicted octanol–water partition coefficient (Wildman–Crippen LogP) is 5.08. The highest BCUT2D eigenvalue weighted by Crippen LogP contribution is 2.30. The third-order valence-electron chi connectivity index (χ3n) is 5.16. The lowest BCUT2D eigenvalue weighted by Crippen LogP contribution is -2.46. The van der Waals surface area contributed by atoms with E-state index in [9.17, 15) is 9.90 Å². The topological polar surface area (TPSA) is 62.7 Å². The van der Waals surface area contributed by atoms with Crippen LogP contribution in [0.1, 0.15) is 24.8 Å². The minimum absolute atomic E-state index is 0.409. The van der Waals surface area contributed by atoms with Gasteiger partial charge in [-0.25, -0.2) is 4.79 Å². The molecule has 0 radical (unpaired) electrons. The van der Waals surface area contributed by atoms with E-state index in [2.05, 4.69) is 30.1 Å². The first kappa shape index (κ1) is 17.3. The molecule has 2 heterocycles. The molecule has 0 saturated carbocycles. The number of benzene rings is 2. The van der Waals surface area contributed by atoms with Crippen LogP contribution in [0.5, 0.6) is 5.75 Å². The van der Waals surface area contributed by atoms with Gasteiger partial charge in [-0.2, -0.15) is 0 Å². The van der Waals surface area contributed by atoms with Crippen LogP contribution in [0.25, 0.3) is 22.0 Å². The van der Waals surface area contributed by atoms with Crippen LogP contribution < -0.4 is 4.74 Å². The van der Waals surface area contributed by atoms with Crippen molar-refractivity contribution < 1.29 is 14.6 Å². The highest BCUT2D eigenvalue weighted by Gasteiger charge is 2.27. The number of ether oxygens (including phenoxy) is 1. The maximum Gasteiger partial charge on any atom is 0.410 e. The number of pyridine rings is 1. The van der Waals surface area contributed by atoms with Crippen molar-refractivity contribution >= 4 is 17.0 Å². The molecular weight excluding hydrogens is 340 g/mol. The Labute approximate surface area is 158 Å². The van der Waals surface area contributed by atoms with Crippen LogP contribution in [0, 0.1) is 6.92 Å². The summed E-state index contributed by atoms with van der Waals surface area (Å²) < 4.78 is 5.95. The van der Waals surface area contributed by atoms with Crippen LogP contribution in [0.4, 0.5) is 4.79 Å². The van der Waals surface area contributed by atoms with Gasteiger partial charge in [-0.1, -0.05) is 30.3 Å². The monoisotopic (exact) mass is 362 g/mol. The number of piperidine rings is 1. The fourth-order valence-electron chi connectivity index (χ4n) is 3.72. The predicted molar refractivity (Wildman–Crippen MR) is 105 cm³/mol. The van der Waals surface area contributed by atoms with E-state index in [4.69, 9.17) is 4.74 Å². The van der Waals surface area contributed by atoms with Crippen molar-refractivity contribution in [3.05, 3.63) is 60.3 Å². The van der Waals surface area contributed by atoms with Gasteiger partial charge in [0.2, 0.25) is 0 Å². The summed E-state index contributed by atoms with van der Waals surface area (Å²) in [7, 11) is 0. The number of hydrogen-bond donors (Lipinski definition) is 1. The van der Waals surface area contributed by atoms with E-state index in [-0.39, 0.29) is 0 Å². The van der Waals surface area contributed by atoms with Gasteiger partial charge in [-0.05, 0) is 54.7 Å². The molecule has 1 amide bonds. The van der Waals surface area contributed by atoms with Crippen molar-refractivity contribution in [3.63, 3.8) is 0 Å². The van der Waals surface area contributed by atoms with Gasteiger partial charge in [-0.3, -0.25) is 9.88 Å². The number of likely N-dealkylation sites (tertiary alicyclic amines) is 1. The van der Waals surface area contributed by atoms with E-state index in [0.717, 1.165) is 46.9 Å². The molecule has 5 heteroatoms. The lowest BCUT2D eigenvalue weighted by atomic mass is 9.98. The summed E-state index contributed by atoms with van der Waals surface area (Å²) in [5.74, 6) is 0.688. The summed E-state index contributed by atoms with van der Waals surface area (Å²) in [6, 6.07) is 16.1. The fraction of sp³-hybridized carbons (Fsp3) is 0.273. The lowest BCUT2D eigenvalue weighted by molar-refractivity contribution is 0.00600. The second kappa shape index (κ2) is 7.27. The summed E-state index contributed by atoms with van der Waals surface area (Å²) in [4.78, 5) is 17.3. The Morgan fingerprint density at radius 3 is 2.74 bits per heavy atom. The maximum absolute atomic E-state index is 11.4. The lowest BCUT2D eigenvalue weighted by Gasteiger charge is -2.33. The molecule has 1 aromatic heterocycles. The van der Waals surface area contributed by atoms with Crippen molar-refractivity contribution in [2.24, 2.45) is 0 Å². The molecule has 1 aliphatic rings. The summed E-state index contributed by atoms with van der Waals surface area (Å²) in [6.07, 6.45) is 3.08. The van der Waals surface area contributed by atoms with Gasteiger partial charge in [-0.15, -0.1) is 0 Å². The molecule has 1 unspecified atom stereocenters. The van der Waals surface area contributed by atoms with E-state index in [1.807, 2.05) is 36.5 Å². The van der Waals surface area contributed by atoms with Gasteiger partial charge in [0.25, 0.3) is 0 Å². The first-order valence-corrected chi connectivity index (χ1v) is 9.24. The second-order valence-electron chi connectivity index (χ2n) is 6.88. The van der Waals surface area contributed by atoms with Crippen molar-refractivity contribution in [2.75, 3.05) is 6.54 Å². The third-order valence-corrected chi connectivity index (χ3v) is 5.16. The number of aromatic nitrogens is 1. The van der Waals surface area contributed by atoms with Crippen LogP contribution in [0.15, 0.2) is 54.7 Å². The van der Waals surface area contributed by atoms with Gasteiger partial charge in [0, 0.05) is 24.5 Å². The molecule has 2 aromatic carbocycles. The zero-order valence-corrected chi connectivity index (χ0v) is 15.3. The average molecular weight is 362 g/mol. The molecule has 1 atom stereocenters. The normalized spacial score (nSPS) is 17.1. The van der Waals surface area contributed by atoms with Crippen molar-refractivity contribution in [3.8, 4) is 16.9 Å². The van der Waals surface area contributed by atoms with Gasteiger partial charge < -0.3 is 9.84 Å². The molecule has 138 valence electrons. The minimum atomic E-state index is -0.921. The quantitative estimate of drug-likeness (QED) is 0.706. The first-order chi connectivity index (χ1) is 13.1. The Morgan fingerprint density at radius 1 is 1.15 bits per heavy atom. The molecule has 0 bridgehead atoms. The summed E-state index contributed by atoms with van der Waals surface area (Å²) in [5, 5.41) is 10.5. The number of amides is 1. The van der Waals surface area contributed by atoms with Crippen LogP contribution in [0.3, 0.4) is 0 Å². The number of rotatable bonds is 3. The number of hydrogen-bond acceptors (Lipinski definition) is 3. The molecule has 4 rings (SSSR count). The molecule has 1 aliphatic heterocycles. The van der Waals surface area contributed by atoms with Crippen molar-refractivity contribution in [1.29, 1.82) is 0 Å². The number of carbonyl (C=O) groups is 1. The summed E-state index contributed by atoms with van der Waals surface area (Å²) in [6.45, 7) is 2.61. The van der Waals surface area contributed by atoms with E-state index < -0.39 is 12.3 Å². The Bertz CT molecular complexity index is 969. The largest absolute Gasteiger partial charge is 0.470 e. The second-order valence-corrected chi connectivity index (χ2v) is 6.88. The Hall–Kier alpha value is -3.08. The molecular formula is C22H22N2O3. The molecule has 0 aliphatic carbocycles. The molecule has 3 aromatic rings. The third kappa shape index (κ3) is 3.45. The molecule has 27 heavy (non-hydrogen) atoms. The smallest absolute Gasteiger partial charge is 0.410 e. The average Bonchev–Trinajstić information content (AvgIpc) is 2.70. The zero-order valence-electron chi connectivity index (χ0n) is 15.3. The molecule has 0 spiro atoms. The molecule has 5 nitrogen and oxygen atoms in total. The highest BCUT2D eigenvalue weighted by molar-refractivity contribution is 5.88. The van der Waals surface area contributed by atoms with E-state index in [1.165, 1.54) is 4.90 Å². The Balaban J connectivity index is 1.57. The number of nitrogens with zero attached hydrogens (tertiary/aromatic N) is 2. The van der Waals surface area contributed by atoms with Crippen LogP contribution in [-0.2, 0) is 0 Å². The standard InChI is InChI=1S/C22H22N2O3/c1-15-19(12-9-17-5-4-13-23-21(15)17)16-7-10-18(11-8-16)27-20-6-2-3-14-24(20)22(25)26/h4-5,7-13,20H,2-3,6,14H2,1H3,(H,25,26). The maximum atomic E-state index is 11.4. The first-order valence-electron chi connectivity index (χ1n) is 9.24. The van der Waals surface area contributed by atoms with Gasteiger partial charge in [0.15, 0.2) is 6.23 Å². The number of fused-ring (bicyclic) bond motifs is 1. The number of aryl methyl sites for hydroxylation is 1. The summed E-state index contributed by atoms with van der Waals surface area (Å²) >= 11 is 0. The minimum Gasteiger partial charge on any atom is -0.470 e. The SMILES string of the molecule is Cc1c(-c2ccc(OC3CCCCN3C(=O)O)cc2)ccc2cccnc12. The molecule has 1 saturated heterocycles. The van der Waals surface area contributed by atoms with Gasteiger partial charge in [0.1, 0.15) is 5.75 Å². The summed E-state index contributed by atoms with van der Waals surface area (Å²) in [5.41, 5.74) is 4.38. The van der Waals surface area contributed by atoms with Gasteiger partial charge in [0.05, 0.1) is 5.52 Å². The van der Waals surface area contributed by atoms with Crippen LogP contribution in [0.2, 0.25) is 0 Å². The van der Waals surface area contributed by atoms with E-state index in [0.29, 0.717) is 12.3 Å². The van der Waals surface area contributed by atoms with E-state index in [1.54, 1.807) is 0 Å². The Morgan fingerprint density at radius 2 is 1.96 bits per heavy atom. The van der Waals surface area contributed by atoms with Crippen LogP contribution >= 0.6 is 0 Å². The number of carboxylic acid groups (broad SMARTS) is 1. The molecule has 1 N–H and O–H groups in total.